The number of hydrogen-bond donors (Lipinski definition) is 3. The Morgan fingerprint density at radius 3 is 1.17 bits per heavy atom. The smallest absolute Gasteiger partial charge is 0.128 e. The van der Waals surface area contributed by atoms with Crippen molar-refractivity contribution in [3.05, 3.63) is 36.4 Å². The van der Waals surface area contributed by atoms with E-state index in [9.17, 15) is 0 Å². The lowest BCUT2D eigenvalue weighted by Crippen LogP contribution is -2.31. The van der Waals surface area contributed by atoms with Crippen LogP contribution in [0, 0.1) is 0 Å². The Hall–Kier alpha value is -0.900. The van der Waals surface area contributed by atoms with Crippen molar-refractivity contribution < 1.29 is 10.2 Å². The lowest BCUT2D eigenvalue weighted by Gasteiger charge is -2.03. The van der Waals surface area contributed by atoms with E-state index in [2.05, 4.69) is 0 Å². The van der Waals surface area contributed by atoms with Gasteiger partial charge in [0, 0.05) is 0 Å². The first-order chi connectivity index (χ1) is 5.64. The maximum absolute atomic E-state index is 8.25. The molecule has 3 nitrogen and oxygen atoms in total. The van der Waals surface area contributed by atoms with E-state index in [1.54, 1.807) is 0 Å². The maximum atomic E-state index is 8.25. The highest BCUT2D eigenvalue weighted by Gasteiger charge is 2.00. The molecule has 0 fully saturated rings. The summed E-state index contributed by atoms with van der Waals surface area (Å²) in [5.74, 6) is 0. The van der Waals surface area contributed by atoms with Gasteiger partial charge in [0.25, 0.3) is 0 Å². The maximum Gasteiger partial charge on any atom is 0.128 e. The monoisotopic (exact) mass is 169 g/mol. The minimum atomic E-state index is -1.09. The predicted molar refractivity (Wildman–Crippen MR) is 48.3 cm³/mol. The number of aliphatic hydroxyl groups excluding tert-OH is 2. The van der Waals surface area contributed by atoms with Gasteiger partial charge in [-0.3, -0.25) is 0 Å². The lowest BCUT2D eigenvalue weighted by molar-refractivity contribution is 0.0359. The van der Waals surface area contributed by atoms with Crippen molar-refractivity contribution in [3.8, 4) is 0 Å². The van der Waals surface area contributed by atoms with Gasteiger partial charge in [0.05, 0.1) is 6.10 Å². The molecule has 0 spiro atoms. The molecule has 12 heavy (non-hydrogen) atoms. The van der Waals surface area contributed by atoms with Gasteiger partial charge < -0.3 is 15.9 Å². The molecule has 1 aromatic rings. The number of nitrogens with two attached hydrogens (primary N) is 1. The van der Waals surface area contributed by atoms with Gasteiger partial charge in [0.1, 0.15) is 6.23 Å². The molecule has 1 aromatic carbocycles. The Morgan fingerprint density at radius 2 is 1.08 bits per heavy atom. The normalized spacial score (nSPS) is 14.0. The van der Waals surface area contributed by atoms with Crippen LogP contribution in [0.15, 0.2) is 36.4 Å². The van der Waals surface area contributed by atoms with Gasteiger partial charge in [-0.2, -0.15) is 0 Å². The Bertz CT molecular complexity index is 142. The summed E-state index contributed by atoms with van der Waals surface area (Å²) in [5.41, 5.74) is 4.74. The molecule has 1 rings (SSSR count). The topological polar surface area (TPSA) is 66.5 Å². The number of aliphatic hydroxyl groups is 2. The number of rotatable bonds is 1. The van der Waals surface area contributed by atoms with Crippen LogP contribution < -0.4 is 5.73 Å². The van der Waals surface area contributed by atoms with Crippen LogP contribution in [0.25, 0.3) is 0 Å². The Kier molecular flexibility index (Phi) is 6.28. The first-order valence-corrected chi connectivity index (χ1v) is 3.76. The second-order valence-corrected chi connectivity index (χ2v) is 2.39. The summed E-state index contributed by atoms with van der Waals surface area (Å²) in [6.07, 6.45) is -1.91. The van der Waals surface area contributed by atoms with Gasteiger partial charge in [0.15, 0.2) is 0 Å². The van der Waals surface area contributed by atoms with Crippen LogP contribution in [0.5, 0.6) is 0 Å². The van der Waals surface area contributed by atoms with Crippen molar-refractivity contribution in [2.24, 2.45) is 5.73 Å². The molecule has 0 aliphatic carbocycles. The molecule has 0 saturated carbocycles. The fourth-order valence-corrected chi connectivity index (χ4v) is 0.385. The van der Waals surface area contributed by atoms with Crippen LogP contribution in [0.1, 0.15) is 6.92 Å². The van der Waals surface area contributed by atoms with Crippen LogP contribution in [0.4, 0.5) is 0 Å². The Balaban J connectivity index is 0.000000202. The molecule has 2 atom stereocenters. The molecular formula is C9H15NO2. The molecule has 3 heteroatoms. The van der Waals surface area contributed by atoms with E-state index in [0.29, 0.717) is 0 Å². The summed E-state index contributed by atoms with van der Waals surface area (Å²) in [4.78, 5) is 0. The van der Waals surface area contributed by atoms with E-state index in [1.807, 2.05) is 36.4 Å². The minimum absolute atomic E-state index is 0.815. The summed E-state index contributed by atoms with van der Waals surface area (Å²) >= 11 is 0. The Morgan fingerprint density at radius 1 is 0.917 bits per heavy atom. The SMILES string of the molecule is CC(O)C(N)O.c1ccccc1. The second-order valence-electron chi connectivity index (χ2n) is 2.39. The Labute approximate surface area is 72.5 Å². The average Bonchev–Trinajstić information content (AvgIpc) is 2.08. The molecule has 4 N–H and O–H groups in total. The third kappa shape index (κ3) is 7.21. The van der Waals surface area contributed by atoms with Crippen molar-refractivity contribution in [3.63, 3.8) is 0 Å². The molecule has 0 heterocycles. The zero-order valence-corrected chi connectivity index (χ0v) is 7.09. The molecule has 0 aromatic heterocycles. The van der Waals surface area contributed by atoms with Crippen molar-refractivity contribution in [2.45, 2.75) is 19.3 Å². The second kappa shape index (κ2) is 6.79. The van der Waals surface area contributed by atoms with Crippen LogP contribution in [0.3, 0.4) is 0 Å². The highest BCUT2D eigenvalue weighted by atomic mass is 16.3. The fourth-order valence-electron chi connectivity index (χ4n) is 0.385. The highest BCUT2D eigenvalue weighted by molar-refractivity contribution is 4.99. The third-order valence-electron chi connectivity index (χ3n) is 1.16. The van der Waals surface area contributed by atoms with E-state index in [4.69, 9.17) is 15.9 Å². The fraction of sp³-hybridized carbons (Fsp3) is 0.333. The van der Waals surface area contributed by atoms with Crippen molar-refractivity contribution >= 4 is 0 Å². The summed E-state index contributed by atoms with van der Waals surface area (Å²) in [7, 11) is 0. The average molecular weight is 169 g/mol. The van der Waals surface area contributed by atoms with Crippen LogP contribution in [-0.4, -0.2) is 22.5 Å². The minimum Gasteiger partial charge on any atom is -0.389 e. The van der Waals surface area contributed by atoms with Gasteiger partial charge in [-0.15, -0.1) is 0 Å². The quantitative estimate of drug-likeness (QED) is 0.531. The highest BCUT2D eigenvalue weighted by Crippen LogP contribution is 1.80. The van der Waals surface area contributed by atoms with E-state index in [-0.39, 0.29) is 0 Å². The first-order valence-electron chi connectivity index (χ1n) is 3.76. The van der Waals surface area contributed by atoms with E-state index in [1.165, 1.54) is 6.92 Å². The zero-order valence-electron chi connectivity index (χ0n) is 7.09. The molecule has 0 saturated heterocycles. The van der Waals surface area contributed by atoms with Crippen molar-refractivity contribution in [1.29, 1.82) is 0 Å². The summed E-state index contributed by atoms with van der Waals surface area (Å²) in [5, 5.41) is 16.4. The molecular weight excluding hydrogens is 154 g/mol. The number of benzene rings is 1. The number of hydrogen-bond acceptors (Lipinski definition) is 3. The van der Waals surface area contributed by atoms with Crippen molar-refractivity contribution in [2.75, 3.05) is 0 Å². The zero-order chi connectivity index (χ0) is 9.40. The predicted octanol–water partition coefficient (Wildman–Crippen LogP) is 0.331. The van der Waals surface area contributed by atoms with Gasteiger partial charge >= 0.3 is 0 Å². The van der Waals surface area contributed by atoms with Crippen LogP contribution >= 0.6 is 0 Å². The summed E-state index contributed by atoms with van der Waals surface area (Å²) < 4.78 is 0. The van der Waals surface area contributed by atoms with Gasteiger partial charge in [0.2, 0.25) is 0 Å². The summed E-state index contributed by atoms with van der Waals surface area (Å²) in [6, 6.07) is 12.0. The van der Waals surface area contributed by atoms with Gasteiger partial charge in [-0.1, -0.05) is 36.4 Å². The van der Waals surface area contributed by atoms with Crippen LogP contribution in [0.2, 0.25) is 0 Å². The standard InChI is InChI=1S/C6H6.C3H9NO2/c1-2-4-6-5-3-1;1-2(5)3(4)6/h1-6H;2-3,5-6H,4H2,1H3. The molecule has 2 unspecified atom stereocenters. The largest absolute Gasteiger partial charge is 0.389 e. The first kappa shape index (κ1) is 11.1. The summed E-state index contributed by atoms with van der Waals surface area (Å²) in [6.45, 7) is 1.42. The van der Waals surface area contributed by atoms with E-state index in [0.717, 1.165) is 0 Å². The molecule has 0 amide bonds. The van der Waals surface area contributed by atoms with E-state index >= 15 is 0 Å². The third-order valence-corrected chi connectivity index (χ3v) is 1.16. The van der Waals surface area contributed by atoms with Crippen LogP contribution in [-0.2, 0) is 0 Å². The lowest BCUT2D eigenvalue weighted by atomic mass is 10.4. The molecule has 0 aliphatic rings. The van der Waals surface area contributed by atoms with Gasteiger partial charge in [-0.25, -0.2) is 0 Å². The molecule has 68 valence electrons. The molecule has 0 bridgehead atoms. The molecule has 0 aliphatic heterocycles. The molecule has 0 radical (unpaired) electrons. The van der Waals surface area contributed by atoms with E-state index < -0.39 is 12.3 Å². The van der Waals surface area contributed by atoms with Crippen molar-refractivity contribution in [1.82, 2.24) is 0 Å². The van der Waals surface area contributed by atoms with Gasteiger partial charge in [-0.05, 0) is 6.92 Å².